The number of fused-ring (bicyclic) bond motifs is 1. The van der Waals surface area contributed by atoms with Gasteiger partial charge in [0, 0.05) is 24.3 Å². The van der Waals surface area contributed by atoms with Crippen molar-refractivity contribution in [3.63, 3.8) is 0 Å². The molecule has 0 aliphatic carbocycles. The molecule has 1 N–H and O–H groups in total. The van der Waals surface area contributed by atoms with E-state index in [0.717, 1.165) is 29.8 Å². The van der Waals surface area contributed by atoms with Crippen molar-refractivity contribution in [3.8, 4) is 5.69 Å². The monoisotopic (exact) mass is 477 g/mol. The Morgan fingerprint density at radius 2 is 2.06 bits per heavy atom. The van der Waals surface area contributed by atoms with E-state index in [4.69, 9.17) is 16.0 Å². The molecule has 3 heterocycles. The number of carbonyl (C=O) groups excluding carboxylic acids is 1. The van der Waals surface area contributed by atoms with Crippen LogP contribution in [-0.4, -0.2) is 44.7 Å². The van der Waals surface area contributed by atoms with Crippen LogP contribution >= 0.6 is 11.6 Å². The topological polar surface area (TPSA) is 76.2 Å². The minimum atomic E-state index is 0.00701. The third-order valence-electron chi connectivity index (χ3n) is 6.54. The van der Waals surface area contributed by atoms with Gasteiger partial charge in [-0.05, 0) is 69.0 Å². The predicted molar refractivity (Wildman–Crippen MR) is 134 cm³/mol. The molecule has 0 bridgehead atoms. The van der Waals surface area contributed by atoms with Gasteiger partial charge in [-0.2, -0.15) is 10.1 Å². The molecule has 2 aromatic heterocycles. The Labute approximate surface area is 203 Å². The van der Waals surface area contributed by atoms with Crippen LogP contribution in [0.2, 0.25) is 5.02 Å². The number of rotatable bonds is 5. The van der Waals surface area contributed by atoms with Crippen molar-refractivity contribution in [2.24, 2.45) is 5.92 Å². The fraction of sp³-hybridized carbons (Fsp3) is 0.346. The Kier molecular flexibility index (Phi) is 6.04. The van der Waals surface area contributed by atoms with E-state index in [1.54, 1.807) is 16.8 Å². The molecule has 1 saturated heterocycles. The average molecular weight is 478 g/mol. The maximum atomic E-state index is 13.9. The highest BCUT2D eigenvalue weighted by Crippen LogP contribution is 2.28. The molecule has 176 valence electrons. The third-order valence-corrected chi connectivity index (χ3v) is 6.78. The molecule has 8 heteroatoms. The smallest absolute Gasteiger partial charge is 0.295 e. The molecule has 1 amide bonds. The zero-order valence-electron chi connectivity index (χ0n) is 19.6. The molecule has 5 rings (SSSR count). The van der Waals surface area contributed by atoms with E-state index in [-0.39, 0.29) is 11.9 Å². The molecule has 0 unspecified atom stereocenters. The maximum absolute atomic E-state index is 13.9. The Morgan fingerprint density at radius 1 is 1.21 bits per heavy atom. The summed E-state index contributed by atoms with van der Waals surface area (Å²) in [6, 6.07) is 13.7. The number of piperidine rings is 1. The van der Waals surface area contributed by atoms with Crippen molar-refractivity contribution in [3.05, 3.63) is 70.5 Å². The highest BCUT2D eigenvalue weighted by atomic mass is 35.5. The Bertz CT molecular complexity index is 1340. The second-order valence-electron chi connectivity index (χ2n) is 9.12. The van der Waals surface area contributed by atoms with Crippen LogP contribution in [0.25, 0.3) is 16.8 Å². The summed E-state index contributed by atoms with van der Waals surface area (Å²) in [7, 11) is 0. The summed E-state index contributed by atoms with van der Waals surface area (Å²) in [5.41, 5.74) is 4.80. The summed E-state index contributed by atoms with van der Waals surface area (Å²) in [6.07, 6.45) is 3.94. The molecule has 1 aliphatic rings. The lowest BCUT2D eigenvalue weighted by atomic mass is 9.90. The minimum absolute atomic E-state index is 0.00701. The number of benzene rings is 2. The maximum Gasteiger partial charge on any atom is 0.295 e. The number of amides is 1. The highest BCUT2D eigenvalue weighted by molar-refractivity contribution is 6.31. The molecule has 7 nitrogen and oxygen atoms in total. The molecule has 34 heavy (non-hydrogen) atoms. The summed E-state index contributed by atoms with van der Waals surface area (Å²) < 4.78 is 7.61. The van der Waals surface area contributed by atoms with Crippen molar-refractivity contribution in [1.29, 1.82) is 0 Å². The van der Waals surface area contributed by atoms with Gasteiger partial charge in [0.15, 0.2) is 5.58 Å². The van der Waals surface area contributed by atoms with Crippen LogP contribution in [-0.2, 0) is 0 Å². The van der Waals surface area contributed by atoms with E-state index in [9.17, 15) is 4.79 Å². The Hall–Kier alpha value is -3.32. The molecule has 1 aliphatic heterocycles. The number of likely N-dealkylation sites (tertiary alicyclic amines) is 1. The lowest BCUT2D eigenvalue weighted by molar-refractivity contribution is 0.0539. The number of anilines is 1. The molecule has 0 saturated carbocycles. The molecular formula is C26H28ClN5O2. The quantitative estimate of drug-likeness (QED) is 0.402. The summed E-state index contributed by atoms with van der Waals surface area (Å²) in [5.74, 6) is 0.360. The average Bonchev–Trinajstić information content (AvgIpc) is 3.43. The van der Waals surface area contributed by atoms with E-state index < -0.39 is 0 Å². The van der Waals surface area contributed by atoms with E-state index >= 15 is 0 Å². The Balaban J connectivity index is 1.41. The Morgan fingerprint density at radius 3 is 2.85 bits per heavy atom. The summed E-state index contributed by atoms with van der Waals surface area (Å²) >= 11 is 6.08. The highest BCUT2D eigenvalue weighted by Gasteiger charge is 2.33. The molecule has 2 aromatic carbocycles. The lowest BCUT2D eigenvalue weighted by Crippen LogP contribution is -2.51. The van der Waals surface area contributed by atoms with Crippen molar-refractivity contribution in [1.82, 2.24) is 19.7 Å². The van der Waals surface area contributed by atoms with Gasteiger partial charge in [-0.3, -0.25) is 4.79 Å². The number of aromatic nitrogens is 3. The second-order valence-corrected chi connectivity index (χ2v) is 9.56. The first kappa shape index (κ1) is 22.5. The van der Waals surface area contributed by atoms with Crippen molar-refractivity contribution in [2.45, 2.75) is 39.7 Å². The number of hydrogen-bond donors (Lipinski definition) is 1. The van der Waals surface area contributed by atoms with Gasteiger partial charge in [0.2, 0.25) is 0 Å². The first-order valence-corrected chi connectivity index (χ1v) is 12.0. The number of nitrogens with one attached hydrogen (secondary N) is 1. The van der Waals surface area contributed by atoms with Crippen LogP contribution < -0.4 is 5.32 Å². The van der Waals surface area contributed by atoms with Gasteiger partial charge < -0.3 is 14.6 Å². The summed E-state index contributed by atoms with van der Waals surface area (Å²) in [5, 5.41) is 8.47. The van der Waals surface area contributed by atoms with E-state index in [0.29, 0.717) is 46.7 Å². The first-order chi connectivity index (χ1) is 16.4. The SMILES string of the molecule is Cc1ccc(-n2ccc(C)n2)c(C(=O)N2CCC[C@@H](C)[C@H]2CNc2nc3cc(Cl)ccc3o2)c1. The van der Waals surface area contributed by atoms with Gasteiger partial charge in [0.1, 0.15) is 5.52 Å². The molecule has 4 aromatic rings. The summed E-state index contributed by atoms with van der Waals surface area (Å²) in [4.78, 5) is 20.4. The standard InChI is InChI=1S/C26H28ClN5O2/c1-16-6-8-22(32-12-10-18(3)30-32)20(13-16)25(33)31-11-4-5-17(2)23(31)15-28-26-29-21-14-19(27)7-9-24(21)34-26/h6-10,12-14,17,23H,4-5,11,15H2,1-3H3,(H,28,29)/t17-,23-/m1/s1. The normalized spacial score (nSPS) is 18.4. The fourth-order valence-corrected chi connectivity index (χ4v) is 4.87. The van der Waals surface area contributed by atoms with E-state index in [2.05, 4.69) is 22.3 Å². The number of nitrogens with zero attached hydrogens (tertiary/aromatic N) is 4. The van der Waals surface area contributed by atoms with Gasteiger partial charge in [-0.15, -0.1) is 0 Å². The van der Waals surface area contributed by atoms with Crippen molar-refractivity contribution >= 4 is 34.6 Å². The second kappa shape index (κ2) is 9.14. The molecular weight excluding hydrogens is 450 g/mol. The molecule has 0 spiro atoms. The zero-order valence-corrected chi connectivity index (χ0v) is 20.3. The van der Waals surface area contributed by atoms with Crippen LogP contribution in [0.4, 0.5) is 6.01 Å². The first-order valence-electron chi connectivity index (χ1n) is 11.6. The van der Waals surface area contributed by atoms with Crippen LogP contribution in [0.5, 0.6) is 0 Å². The molecule has 2 atom stereocenters. The predicted octanol–water partition coefficient (Wildman–Crippen LogP) is 5.64. The fourth-order valence-electron chi connectivity index (χ4n) is 4.71. The van der Waals surface area contributed by atoms with Crippen LogP contribution in [0.15, 0.2) is 53.1 Å². The summed E-state index contributed by atoms with van der Waals surface area (Å²) in [6.45, 7) is 7.41. The number of hydrogen-bond acceptors (Lipinski definition) is 5. The lowest BCUT2D eigenvalue weighted by Gasteiger charge is -2.40. The largest absolute Gasteiger partial charge is 0.424 e. The van der Waals surface area contributed by atoms with E-state index in [1.807, 2.05) is 55.3 Å². The number of carbonyl (C=O) groups is 1. The van der Waals surface area contributed by atoms with Crippen molar-refractivity contribution < 1.29 is 9.21 Å². The van der Waals surface area contributed by atoms with E-state index in [1.165, 1.54) is 0 Å². The van der Waals surface area contributed by atoms with Gasteiger partial charge >= 0.3 is 0 Å². The van der Waals surface area contributed by atoms with Gasteiger partial charge in [0.05, 0.1) is 23.0 Å². The van der Waals surface area contributed by atoms with Gasteiger partial charge in [-0.1, -0.05) is 30.2 Å². The van der Waals surface area contributed by atoms with Gasteiger partial charge in [-0.25, -0.2) is 4.68 Å². The minimum Gasteiger partial charge on any atom is -0.424 e. The number of oxazole rings is 1. The van der Waals surface area contributed by atoms with Crippen LogP contribution in [0.1, 0.15) is 41.4 Å². The van der Waals surface area contributed by atoms with Crippen molar-refractivity contribution in [2.75, 3.05) is 18.4 Å². The van der Waals surface area contributed by atoms with Crippen LogP contribution in [0.3, 0.4) is 0 Å². The molecule has 1 fully saturated rings. The number of halogens is 1. The number of aryl methyl sites for hydroxylation is 2. The molecule has 0 radical (unpaired) electrons. The zero-order chi connectivity index (χ0) is 23.8. The van der Waals surface area contributed by atoms with Gasteiger partial charge in [0.25, 0.3) is 11.9 Å². The third kappa shape index (κ3) is 4.40. The van der Waals surface area contributed by atoms with Crippen LogP contribution in [0, 0.1) is 19.8 Å².